The number of allylic oxidation sites excluding steroid dienone is 1. The zero-order chi connectivity index (χ0) is 18.5. The highest BCUT2D eigenvalue weighted by Crippen LogP contribution is 2.40. The number of hydrogen-bond acceptors (Lipinski definition) is 3. The van der Waals surface area contributed by atoms with Crippen LogP contribution in [0.15, 0.2) is 52.2 Å². The van der Waals surface area contributed by atoms with Gasteiger partial charge in [0.15, 0.2) is 0 Å². The highest BCUT2D eigenvalue weighted by Gasteiger charge is 2.22. The summed E-state index contributed by atoms with van der Waals surface area (Å²) >= 11 is 7.76. The minimum Gasteiger partial charge on any atom is -0.370 e. The predicted octanol–water partition coefficient (Wildman–Crippen LogP) is 4.37. The minimum atomic E-state index is -0.310. The van der Waals surface area contributed by atoms with Crippen LogP contribution in [-0.4, -0.2) is 16.1 Å². The van der Waals surface area contributed by atoms with Crippen LogP contribution in [0.1, 0.15) is 43.4 Å². The van der Waals surface area contributed by atoms with Crippen molar-refractivity contribution >= 4 is 34.8 Å². The van der Waals surface area contributed by atoms with Crippen LogP contribution in [-0.2, 0) is 4.79 Å². The Balaban J connectivity index is 1.91. The number of hydrogen-bond donors (Lipinski definition) is 2. The Hall–Kier alpha value is -1.98. The minimum absolute atomic E-state index is 0.167. The van der Waals surface area contributed by atoms with Crippen LogP contribution in [0.3, 0.4) is 0 Å². The van der Waals surface area contributed by atoms with E-state index < -0.39 is 0 Å². The van der Waals surface area contributed by atoms with Crippen LogP contribution in [0.5, 0.6) is 0 Å². The highest BCUT2D eigenvalue weighted by atomic mass is 35.5. The molecule has 2 aromatic rings. The molecule has 4 nitrogen and oxygen atoms in total. The van der Waals surface area contributed by atoms with Gasteiger partial charge in [-0.15, -0.1) is 11.8 Å². The lowest BCUT2D eigenvalue weighted by Crippen LogP contribution is -2.10. The molecule has 6 heteroatoms. The summed E-state index contributed by atoms with van der Waals surface area (Å²) in [7, 11) is 0. The molecular weight excluding hydrogens is 368 g/mol. The van der Waals surface area contributed by atoms with Gasteiger partial charge in [0.25, 0.3) is 5.56 Å². The van der Waals surface area contributed by atoms with Crippen molar-refractivity contribution in [1.29, 1.82) is 0 Å². The number of carbonyl (C=O) groups is 1. The first-order valence-corrected chi connectivity index (χ1v) is 9.93. The molecule has 0 atom stereocenters. The number of pyridine rings is 1. The van der Waals surface area contributed by atoms with E-state index in [4.69, 9.17) is 17.3 Å². The van der Waals surface area contributed by atoms with Gasteiger partial charge < -0.3 is 10.7 Å². The summed E-state index contributed by atoms with van der Waals surface area (Å²) in [6.07, 6.45) is 6.31. The third kappa shape index (κ3) is 5.26. The summed E-state index contributed by atoms with van der Waals surface area (Å²) in [5, 5.41) is 0.892. The zero-order valence-electron chi connectivity index (χ0n) is 14.3. The van der Waals surface area contributed by atoms with Crippen molar-refractivity contribution in [2.45, 2.75) is 42.2 Å². The molecule has 26 heavy (non-hydrogen) atoms. The average molecular weight is 389 g/mol. The highest BCUT2D eigenvalue weighted by molar-refractivity contribution is 8.00. The summed E-state index contributed by atoms with van der Waals surface area (Å²) in [5.74, 6) is -0.303. The van der Waals surface area contributed by atoms with Crippen molar-refractivity contribution in [2.24, 2.45) is 5.73 Å². The molecule has 0 unspecified atom stereocenters. The second kappa shape index (κ2) is 8.60. The number of nitrogens with one attached hydrogen (secondary N) is 1. The Morgan fingerprint density at radius 3 is 2.81 bits per heavy atom. The topological polar surface area (TPSA) is 76.0 Å². The number of aromatic nitrogens is 1. The molecule has 1 heterocycles. The van der Waals surface area contributed by atoms with Crippen molar-refractivity contribution in [3.05, 3.63) is 69.1 Å². The number of amides is 1. The molecule has 3 N–H and O–H groups in total. The SMILES string of the molecule is NC(=O)CCC/C=C(\c1cccc(SC2CC2)c1)c1ccc(Cl)c(=O)[nH]1. The van der Waals surface area contributed by atoms with Gasteiger partial charge in [-0.25, -0.2) is 0 Å². The summed E-state index contributed by atoms with van der Waals surface area (Å²) in [4.78, 5) is 27.0. The maximum atomic E-state index is 11.9. The van der Waals surface area contributed by atoms with E-state index in [0.717, 1.165) is 16.4 Å². The van der Waals surface area contributed by atoms with Crippen LogP contribution in [0.2, 0.25) is 5.02 Å². The first kappa shape index (κ1) is 18.8. The molecule has 1 aromatic heterocycles. The van der Waals surface area contributed by atoms with Crippen LogP contribution < -0.4 is 11.3 Å². The molecule has 136 valence electrons. The second-order valence-corrected chi connectivity index (χ2v) is 8.15. The third-order valence-electron chi connectivity index (χ3n) is 4.10. The van der Waals surface area contributed by atoms with E-state index in [2.05, 4.69) is 17.1 Å². The Morgan fingerprint density at radius 1 is 1.31 bits per heavy atom. The Kier molecular flexibility index (Phi) is 6.22. The van der Waals surface area contributed by atoms with Crippen molar-refractivity contribution in [3.63, 3.8) is 0 Å². The molecule has 0 bridgehead atoms. The van der Waals surface area contributed by atoms with Gasteiger partial charge in [-0.1, -0.05) is 29.8 Å². The van der Waals surface area contributed by atoms with Gasteiger partial charge in [0.1, 0.15) is 5.02 Å². The Morgan fingerprint density at radius 2 is 2.12 bits per heavy atom. The monoisotopic (exact) mass is 388 g/mol. The lowest BCUT2D eigenvalue weighted by molar-refractivity contribution is -0.118. The normalized spacial score (nSPS) is 14.4. The summed E-state index contributed by atoms with van der Waals surface area (Å²) in [6.45, 7) is 0. The average Bonchev–Trinajstić information content (AvgIpc) is 3.41. The molecule has 3 rings (SSSR count). The van der Waals surface area contributed by atoms with E-state index >= 15 is 0 Å². The van der Waals surface area contributed by atoms with Gasteiger partial charge in [-0.05, 0) is 55.5 Å². The zero-order valence-corrected chi connectivity index (χ0v) is 15.9. The van der Waals surface area contributed by atoms with Crippen LogP contribution in [0, 0.1) is 0 Å². The number of benzene rings is 1. The number of H-pyrrole nitrogens is 1. The Bertz CT molecular complexity index is 887. The lowest BCUT2D eigenvalue weighted by Gasteiger charge is -2.11. The van der Waals surface area contributed by atoms with Gasteiger partial charge in [-0.2, -0.15) is 0 Å². The van der Waals surface area contributed by atoms with Crippen molar-refractivity contribution in [3.8, 4) is 0 Å². The predicted molar refractivity (Wildman–Crippen MR) is 108 cm³/mol. The number of carbonyl (C=O) groups excluding carboxylic acids is 1. The van der Waals surface area contributed by atoms with E-state index in [1.165, 1.54) is 17.7 Å². The summed E-state index contributed by atoms with van der Waals surface area (Å²) < 4.78 is 0. The molecule has 0 aliphatic heterocycles. The van der Waals surface area contributed by atoms with E-state index in [-0.39, 0.29) is 16.5 Å². The first-order valence-electron chi connectivity index (χ1n) is 8.67. The van der Waals surface area contributed by atoms with Crippen molar-refractivity contribution in [2.75, 3.05) is 0 Å². The van der Waals surface area contributed by atoms with E-state index in [1.54, 1.807) is 6.07 Å². The molecule has 1 aliphatic carbocycles. The molecule has 1 aliphatic rings. The van der Waals surface area contributed by atoms with Gasteiger partial charge in [0, 0.05) is 27.8 Å². The van der Waals surface area contributed by atoms with E-state index in [9.17, 15) is 9.59 Å². The van der Waals surface area contributed by atoms with Crippen LogP contribution in [0.25, 0.3) is 5.57 Å². The van der Waals surface area contributed by atoms with Gasteiger partial charge in [0.05, 0.1) is 0 Å². The number of thioether (sulfide) groups is 1. The number of primary amides is 1. The maximum Gasteiger partial charge on any atom is 0.267 e. The first-order chi connectivity index (χ1) is 12.5. The van der Waals surface area contributed by atoms with Crippen LogP contribution >= 0.6 is 23.4 Å². The Labute approximate surface area is 161 Å². The maximum absolute atomic E-state index is 11.9. The standard InChI is InChI=1S/C20H21ClN2O2S/c21-17-10-11-18(23-20(17)25)16(6-1-2-7-19(22)24)13-4-3-5-15(12-13)26-14-8-9-14/h3-6,10-12,14H,1-2,7-9H2,(H2,22,24)(H,23,25)/b16-6+. The fourth-order valence-electron chi connectivity index (χ4n) is 2.63. The fraction of sp³-hybridized carbons (Fsp3) is 0.300. The summed E-state index contributed by atoms with van der Waals surface area (Å²) in [5.41, 5.74) is 7.59. The van der Waals surface area contributed by atoms with Gasteiger partial charge in [-0.3, -0.25) is 9.59 Å². The van der Waals surface area contributed by atoms with Crippen molar-refractivity contribution < 1.29 is 4.79 Å². The fourth-order valence-corrected chi connectivity index (χ4v) is 3.85. The van der Waals surface area contributed by atoms with E-state index in [1.807, 2.05) is 36.0 Å². The molecule has 1 fully saturated rings. The second-order valence-electron chi connectivity index (χ2n) is 6.37. The molecule has 1 amide bonds. The van der Waals surface area contributed by atoms with Gasteiger partial charge in [0.2, 0.25) is 5.91 Å². The summed E-state index contributed by atoms with van der Waals surface area (Å²) in [6, 6.07) is 11.7. The molecule has 0 radical (unpaired) electrons. The largest absolute Gasteiger partial charge is 0.370 e. The molecule has 1 aromatic carbocycles. The number of nitrogens with two attached hydrogens (primary N) is 1. The number of halogens is 1. The third-order valence-corrected chi connectivity index (χ3v) is 5.73. The molecule has 1 saturated carbocycles. The van der Waals surface area contributed by atoms with Gasteiger partial charge >= 0.3 is 0 Å². The quantitative estimate of drug-likeness (QED) is 0.659. The van der Waals surface area contributed by atoms with E-state index in [0.29, 0.717) is 25.0 Å². The smallest absolute Gasteiger partial charge is 0.267 e. The molecular formula is C20H21ClN2O2S. The number of aromatic amines is 1. The molecule has 0 spiro atoms. The lowest BCUT2D eigenvalue weighted by atomic mass is 10.00. The van der Waals surface area contributed by atoms with Crippen LogP contribution in [0.4, 0.5) is 0 Å². The number of unbranched alkanes of at least 4 members (excludes halogenated alkanes) is 1. The number of rotatable bonds is 8. The van der Waals surface area contributed by atoms with Crippen molar-refractivity contribution in [1.82, 2.24) is 4.98 Å². The molecule has 0 saturated heterocycles.